The molecule has 0 radical (unpaired) electrons. The molecule has 2 aliphatic rings. The van der Waals surface area contributed by atoms with Crippen LogP contribution in [0.2, 0.25) is 5.02 Å². The topological polar surface area (TPSA) is 104 Å². The van der Waals surface area contributed by atoms with Crippen LogP contribution in [0.5, 0.6) is 0 Å². The predicted molar refractivity (Wildman–Crippen MR) is 134 cm³/mol. The van der Waals surface area contributed by atoms with Crippen molar-refractivity contribution in [3.05, 3.63) is 59.1 Å². The Hall–Kier alpha value is -1.98. The number of nitrogens with one attached hydrogen (secondary N) is 1. The molecule has 0 spiro atoms. The lowest BCUT2D eigenvalue weighted by molar-refractivity contribution is -0.126. The van der Waals surface area contributed by atoms with Crippen LogP contribution >= 0.6 is 11.6 Å². The Balaban J connectivity index is 1.29. The fourth-order valence-corrected chi connectivity index (χ4v) is 7.68. The Kier molecular flexibility index (Phi) is 8.17. The van der Waals surface area contributed by atoms with E-state index in [-0.39, 0.29) is 22.2 Å². The first-order valence-electron chi connectivity index (χ1n) is 11.8. The first-order valence-corrected chi connectivity index (χ1v) is 15.1. The minimum Gasteiger partial charge on any atom is -0.355 e. The number of hydrogen-bond acceptors (Lipinski definition) is 5. The van der Waals surface area contributed by atoms with Crippen LogP contribution in [0, 0.1) is 5.92 Å². The monoisotopic (exact) mass is 539 g/mol. The van der Waals surface area contributed by atoms with Gasteiger partial charge >= 0.3 is 0 Å². The molecule has 1 N–H and O–H groups in total. The fraction of sp³-hybridized carbons (Fsp3) is 0.458. The zero-order chi connectivity index (χ0) is 25.1. The van der Waals surface area contributed by atoms with Crippen molar-refractivity contribution in [3.8, 4) is 0 Å². The summed E-state index contributed by atoms with van der Waals surface area (Å²) in [5.41, 5.74) is 0.918. The Bertz CT molecular complexity index is 1240. The summed E-state index contributed by atoms with van der Waals surface area (Å²) in [6.45, 7) is 2.03. The molecule has 0 bridgehead atoms. The molecule has 1 atom stereocenters. The van der Waals surface area contributed by atoms with Gasteiger partial charge in [0.25, 0.3) is 0 Å². The van der Waals surface area contributed by atoms with Gasteiger partial charge in [-0.05, 0) is 74.1 Å². The SMILES string of the molecule is O=C(NCCc1ccc(S(=O)(=O)N2CCCC2)cc1)[C@H]1CCCN(S(=O)(=O)c2ccc(Cl)cc2)C1. The number of nitrogens with zero attached hydrogens (tertiary/aromatic N) is 2. The molecule has 0 saturated carbocycles. The number of rotatable bonds is 8. The number of sulfonamides is 2. The smallest absolute Gasteiger partial charge is 0.243 e. The maximum Gasteiger partial charge on any atom is 0.243 e. The number of amides is 1. The summed E-state index contributed by atoms with van der Waals surface area (Å²) in [6, 6.07) is 12.8. The third kappa shape index (κ3) is 6.06. The van der Waals surface area contributed by atoms with E-state index in [0.717, 1.165) is 18.4 Å². The standard InChI is InChI=1S/C24H30ClN3O5S2/c25-21-7-11-23(12-8-21)35(32,33)28-17-3-4-20(18-28)24(29)26-14-13-19-5-9-22(10-6-19)34(30,31)27-15-1-2-16-27/h5-12,20H,1-4,13-18H2,(H,26,29)/t20-/m0/s1. The molecule has 4 rings (SSSR count). The van der Waals surface area contributed by atoms with Crippen LogP contribution in [-0.2, 0) is 31.3 Å². The Morgan fingerprint density at radius 1 is 0.829 bits per heavy atom. The Labute approximate surface area is 212 Å². The van der Waals surface area contributed by atoms with Gasteiger partial charge in [-0.25, -0.2) is 16.8 Å². The highest BCUT2D eigenvalue weighted by Crippen LogP contribution is 2.25. The van der Waals surface area contributed by atoms with Gasteiger partial charge in [0.2, 0.25) is 26.0 Å². The molecular weight excluding hydrogens is 510 g/mol. The highest BCUT2D eigenvalue weighted by atomic mass is 35.5. The number of carbonyl (C=O) groups excluding carboxylic acids is 1. The minimum atomic E-state index is -3.69. The van der Waals surface area contributed by atoms with Gasteiger partial charge in [0, 0.05) is 37.7 Å². The number of hydrogen-bond donors (Lipinski definition) is 1. The molecule has 8 nitrogen and oxygen atoms in total. The molecule has 2 saturated heterocycles. The zero-order valence-electron chi connectivity index (χ0n) is 19.4. The summed E-state index contributed by atoms with van der Waals surface area (Å²) >= 11 is 5.87. The van der Waals surface area contributed by atoms with Gasteiger partial charge in [0.15, 0.2) is 0 Å². The van der Waals surface area contributed by atoms with Crippen molar-refractivity contribution in [1.29, 1.82) is 0 Å². The maximum absolute atomic E-state index is 13.0. The van der Waals surface area contributed by atoms with Gasteiger partial charge in [-0.1, -0.05) is 23.7 Å². The minimum absolute atomic E-state index is 0.139. The molecule has 2 aliphatic heterocycles. The largest absolute Gasteiger partial charge is 0.355 e. The fourth-order valence-electron chi connectivity index (χ4n) is 4.51. The average Bonchev–Trinajstić information content (AvgIpc) is 3.41. The van der Waals surface area contributed by atoms with Crippen molar-refractivity contribution in [2.45, 2.75) is 41.9 Å². The quantitative estimate of drug-likeness (QED) is 0.555. The first kappa shape index (κ1) is 26.1. The molecule has 0 aliphatic carbocycles. The van der Waals surface area contributed by atoms with Crippen molar-refractivity contribution >= 4 is 37.6 Å². The predicted octanol–water partition coefficient (Wildman–Crippen LogP) is 2.88. The summed E-state index contributed by atoms with van der Waals surface area (Å²) in [7, 11) is -7.13. The van der Waals surface area contributed by atoms with E-state index in [9.17, 15) is 21.6 Å². The normalized spacial score (nSPS) is 20.1. The molecule has 0 aromatic heterocycles. The van der Waals surface area contributed by atoms with Gasteiger partial charge in [-0.3, -0.25) is 4.79 Å². The summed E-state index contributed by atoms with van der Waals surface area (Å²) < 4.78 is 54.1. The van der Waals surface area contributed by atoms with Crippen molar-refractivity contribution in [2.75, 3.05) is 32.7 Å². The number of piperidine rings is 1. The van der Waals surface area contributed by atoms with Gasteiger partial charge in [-0.15, -0.1) is 0 Å². The summed E-state index contributed by atoms with van der Waals surface area (Å²) in [4.78, 5) is 13.2. The number of halogens is 1. The maximum atomic E-state index is 13.0. The van der Waals surface area contributed by atoms with Crippen LogP contribution in [0.15, 0.2) is 58.3 Å². The van der Waals surface area contributed by atoms with Crippen LogP contribution in [0.4, 0.5) is 0 Å². The second-order valence-electron chi connectivity index (χ2n) is 8.95. The van der Waals surface area contributed by atoms with E-state index in [0.29, 0.717) is 50.5 Å². The number of benzene rings is 2. The van der Waals surface area contributed by atoms with E-state index < -0.39 is 26.0 Å². The summed E-state index contributed by atoms with van der Waals surface area (Å²) in [5, 5.41) is 3.37. The second kappa shape index (κ2) is 11.0. The average molecular weight is 540 g/mol. The zero-order valence-corrected chi connectivity index (χ0v) is 21.8. The van der Waals surface area contributed by atoms with E-state index in [1.54, 1.807) is 24.3 Å². The highest BCUT2D eigenvalue weighted by molar-refractivity contribution is 7.89. The molecule has 1 amide bonds. The molecule has 2 aromatic carbocycles. The molecular formula is C24H30ClN3O5S2. The highest BCUT2D eigenvalue weighted by Gasteiger charge is 2.33. The molecule has 2 aromatic rings. The van der Waals surface area contributed by atoms with Crippen LogP contribution in [-0.4, -0.2) is 64.1 Å². The summed E-state index contributed by atoms with van der Waals surface area (Å²) in [5.74, 6) is -0.590. The third-order valence-corrected chi connectivity index (χ3v) is 10.6. The lowest BCUT2D eigenvalue weighted by atomic mass is 9.99. The molecule has 2 fully saturated rings. The van der Waals surface area contributed by atoms with Gasteiger partial charge in [0.05, 0.1) is 15.7 Å². The van der Waals surface area contributed by atoms with E-state index in [4.69, 9.17) is 11.6 Å². The second-order valence-corrected chi connectivity index (χ2v) is 13.3. The van der Waals surface area contributed by atoms with Crippen LogP contribution in [0.25, 0.3) is 0 Å². The van der Waals surface area contributed by atoms with Gasteiger partial charge in [0.1, 0.15) is 0 Å². The van der Waals surface area contributed by atoms with Crippen molar-refractivity contribution in [2.24, 2.45) is 5.92 Å². The van der Waals surface area contributed by atoms with Crippen LogP contribution in [0.3, 0.4) is 0 Å². The Morgan fingerprint density at radius 2 is 1.37 bits per heavy atom. The molecule has 11 heteroatoms. The first-order chi connectivity index (χ1) is 16.7. The van der Waals surface area contributed by atoms with Crippen molar-refractivity contribution in [3.63, 3.8) is 0 Å². The summed E-state index contributed by atoms with van der Waals surface area (Å²) in [6.07, 6.45) is 3.57. The van der Waals surface area contributed by atoms with E-state index in [2.05, 4.69) is 5.32 Å². The van der Waals surface area contributed by atoms with Crippen molar-refractivity contribution in [1.82, 2.24) is 13.9 Å². The lowest BCUT2D eigenvalue weighted by Crippen LogP contribution is -2.45. The molecule has 2 heterocycles. The van der Waals surface area contributed by atoms with Gasteiger partial charge in [-0.2, -0.15) is 8.61 Å². The number of carbonyl (C=O) groups is 1. The van der Waals surface area contributed by atoms with Crippen molar-refractivity contribution < 1.29 is 21.6 Å². The van der Waals surface area contributed by atoms with Crippen LogP contribution < -0.4 is 5.32 Å². The lowest BCUT2D eigenvalue weighted by Gasteiger charge is -2.31. The molecule has 35 heavy (non-hydrogen) atoms. The van der Waals surface area contributed by atoms with Crippen LogP contribution in [0.1, 0.15) is 31.2 Å². The molecule has 190 valence electrons. The van der Waals surface area contributed by atoms with Gasteiger partial charge < -0.3 is 5.32 Å². The van der Waals surface area contributed by atoms with E-state index >= 15 is 0 Å². The molecule has 0 unspecified atom stereocenters. The third-order valence-electron chi connectivity index (χ3n) is 6.55. The Morgan fingerprint density at radius 3 is 2.00 bits per heavy atom. The van der Waals surface area contributed by atoms with E-state index in [1.807, 2.05) is 0 Å². The van der Waals surface area contributed by atoms with E-state index in [1.165, 1.54) is 32.9 Å².